The average Bonchev–Trinajstić information content (AvgIpc) is 2.67. The number of methoxy groups -OCH3 is 2. The molecule has 0 atom stereocenters. The van der Waals surface area contributed by atoms with E-state index in [1.165, 1.54) is 20.4 Å². The molecule has 0 heterocycles. The van der Waals surface area contributed by atoms with E-state index < -0.39 is 11.8 Å². The first-order valence-electron chi connectivity index (χ1n) is 7.92. The molecule has 2 rings (SSSR count). The largest absolute Gasteiger partial charge is 0.493 e. The molecule has 0 spiro atoms. The van der Waals surface area contributed by atoms with Crippen molar-refractivity contribution in [1.82, 2.24) is 10.7 Å². The molecule has 7 nitrogen and oxygen atoms in total. The Morgan fingerprint density at radius 3 is 2.38 bits per heavy atom. The molecule has 0 bridgehead atoms. The predicted molar refractivity (Wildman–Crippen MR) is 98.8 cm³/mol. The van der Waals surface area contributed by atoms with Gasteiger partial charge in [0.25, 0.3) is 11.8 Å². The van der Waals surface area contributed by atoms with Crippen LogP contribution in [0.3, 0.4) is 0 Å². The second-order valence-corrected chi connectivity index (χ2v) is 5.46. The summed E-state index contributed by atoms with van der Waals surface area (Å²) in [6.45, 7) is 1.79. The van der Waals surface area contributed by atoms with Gasteiger partial charge in [-0.3, -0.25) is 9.59 Å². The van der Waals surface area contributed by atoms with Crippen LogP contribution in [0.4, 0.5) is 0 Å². The number of aryl methyl sites for hydroxylation is 1. The third-order valence-corrected chi connectivity index (χ3v) is 3.54. The quantitative estimate of drug-likeness (QED) is 0.586. The summed E-state index contributed by atoms with van der Waals surface area (Å²) in [6, 6.07) is 12.4. The summed E-state index contributed by atoms with van der Waals surface area (Å²) in [4.78, 5) is 23.9. The molecule has 7 heteroatoms. The van der Waals surface area contributed by atoms with Crippen LogP contribution in [-0.2, 0) is 4.79 Å². The Labute approximate surface area is 152 Å². The smallest absolute Gasteiger partial charge is 0.259 e. The van der Waals surface area contributed by atoms with E-state index in [1.807, 2.05) is 31.2 Å². The number of carbonyl (C=O) groups is 2. The topological polar surface area (TPSA) is 89.0 Å². The highest BCUT2D eigenvalue weighted by molar-refractivity contribution is 5.97. The molecule has 0 aliphatic rings. The molecule has 2 amide bonds. The third-order valence-electron chi connectivity index (χ3n) is 3.54. The maximum atomic E-state index is 12.1. The number of hydrogen-bond donors (Lipinski definition) is 2. The van der Waals surface area contributed by atoms with E-state index in [4.69, 9.17) is 9.47 Å². The van der Waals surface area contributed by atoms with Crippen molar-refractivity contribution in [1.29, 1.82) is 0 Å². The first-order chi connectivity index (χ1) is 12.5. The van der Waals surface area contributed by atoms with Gasteiger partial charge in [0.05, 0.1) is 27.0 Å². The lowest BCUT2D eigenvalue weighted by Gasteiger charge is -2.09. The van der Waals surface area contributed by atoms with Gasteiger partial charge in [-0.25, -0.2) is 5.43 Å². The van der Waals surface area contributed by atoms with E-state index in [2.05, 4.69) is 15.8 Å². The number of benzene rings is 2. The molecule has 0 unspecified atom stereocenters. The van der Waals surface area contributed by atoms with E-state index in [1.54, 1.807) is 18.2 Å². The molecule has 0 aliphatic carbocycles. The van der Waals surface area contributed by atoms with Crippen molar-refractivity contribution in [2.45, 2.75) is 6.92 Å². The van der Waals surface area contributed by atoms with Crippen LogP contribution in [0, 0.1) is 6.92 Å². The zero-order valence-electron chi connectivity index (χ0n) is 14.9. The maximum absolute atomic E-state index is 12.1. The van der Waals surface area contributed by atoms with Crippen molar-refractivity contribution in [3.63, 3.8) is 0 Å². The zero-order valence-corrected chi connectivity index (χ0v) is 14.9. The Hall–Kier alpha value is -3.35. The molecule has 136 valence electrons. The molecule has 0 aliphatic heterocycles. The van der Waals surface area contributed by atoms with Gasteiger partial charge in [0, 0.05) is 5.56 Å². The number of hydrogen-bond acceptors (Lipinski definition) is 5. The van der Waals surface area contributed by atoms with Crippen molar-refractivity contribution in [2.75, 3.05) is 20.8 Å². The molecule has 0 fully saturated rings. The minimum atomic E-state index is -0.429. The van der Waals surface area contributed by atoms with Crippen LogP contribution in [0.15, 0.2) is 47.6 Å². The van der Waals surface area contributed by atoms with Crippen LogP contribution in [0.1, 0.15) is 21.5 Å². The number of nitrogens with zero attached hydrogens (tertiary/aromatic N) is 1. The van der Waals surface area contributed by atoms with Crippen LogP contribution >= 0.6 is 0 Å². The van der Waals surface area contributed by atoms with Gasteiger partial charge in [-0.05, 0) is 30.7 Å². The van der Waals surface area contributed by atoms with Crippen LogP contribution in [0.5, 0.6) is 11.5 Å². The molecule has 0 saturated heterocycles. The normalized spacial score (nSPS) is 10.4. The lowest BCUT2D eigenvalue weighted by atomic mass is 10.2. The van der Waals surface area contributed by atoms with Gasteiger partial charge in [0.1, 0.15) is 0 Å². The van der Waals surface area contributed by atoms with Crippen LogP contribution in [0.2, 0.25) is 0 Å². The highest BCUT2D eigenvalue weighted by Crippen LogP contribution is 2.27. The SMILES string of the molecule is COc1ccc(C(=O)NCC(=O)NN=Cc2ccc(C)cc2)cc1OC. The summed E-state index contributed by atoms with van der Waals surface area (Å²) in [5.74, 6) is 0.130. The highest BCUT2D eigenvalue weighted by atomic mass is 16.5. The Balaban J connectivity index is 1.84. The Morgan fingerprint density at radius 2 is 1.73 bits per heavy atom. The van der Waals surface area contributed by atoms with Gasteiger partial charge in [-0.15, -0.1) is 0 Å². The predicted octanol–water partition coefficient (Wildman–Crippen LogP) is 1.89. The number of rotatable bonds is 7. The molecule has 26 heavy (non-hydrogen) atoms. The third kappa shape index (κ3) is 5.34. The molecule has 2 aromatic carbocycles. The minimum Gasteiger partial charge on any atom is -0.493 e. The van der Waals surface area contributed by atoms with Crippen molar-refractivity contribution >= 4 is 18.0 Å². The molecule has 0 radical (unpaired) electrons. The number of hydrazone groups is 1. The van der Waals surface area contributed by atoms with Gasteiger partial charge in [-0.2, -0.15) is 5.10 Å². The number of carbonyl (C=O) groups excluding carboxylic acids is 2. The Bertz CT molecular complexity index is 801. The van der Waals surface area contributed by atoms with Crippen molar-refractivity contribution in [2.24, 2.45) is 5.10 Å². The fourth-order valence-electron chi connectivity index (χ4n) is 2.11. The molecule has 2 aromatic rings. The maximum Gasteiger partial charge on any atom is 0.259 e. The lowest BCUT2D eigenvalue weighted by Crippen LogP contribution is -2.34. The van der Waals surface area contributed by atoms with Gasteiger partial charge < -0.3 is 14.8 Å². The number of nitrogens with one attached hydrogen (secondary N) is 2. The summed E-state index contributed by atoms with van der Waals surface area (Å²) >= 11 is 0. The van der Waals surface area contributed by atoms with E-state index in [9.17, 15) is 9.59 Å². The summed E-state index contributed by atoms with van der Waals surface area (Å²) in [5, 5.41) is 6.38. The Morgan fingerprint density at radius 1 is 1.04 bits per heavy atom. The lowest BCUT2D eigenvalue weighted by molar-refractivity contribution is -0.120. The number of ether oxygens (including phenoxy) is 2. The number of amides is 2. The van der Waals surface area contributed by atoms with Gasteiger partial charge >= 0.3 is 0 Å². The molecule has 2 N–H and O–H groups in total. The first kappa shape index (κ1) is 19.0. The summed E-state index contributed by atoms with van der Waals surface area (Å²) in [6.07, 6.45) is 1.54. The summed E-state index contributed by atoms with van der Waals surface area (Å²) in [7, 11) is 3.00. The van der Waals surface area contributed by atoms with Gasteiger partial charge in [0.15, 0.2) is 11.5 Å². The van der Waals surface area contributed by atoms with E-state index >= 15 is 0 Å². The van der Waals surface area contributed by atoms with Gasteiger partial charge in [0.2, 0.25) is 0 Å². The zero-order chi connectivity index (χ0) is 18.9. The molecule has 0 saturated carbocycles. The van der Waals surface area contributed by atoms with Crippen LogP contribution in [0.25, 0.3) is 0 Å². The summed E-state index contributed by atoms with van der Waals surface area (Å²) in [5.41, 5.74) is 4.73. The molecular weight excluding hydrogens is 334 g/mol. The van der Waals surface area contributed by atoms with Crippen LogP contribution < -0.4 is 20.2 Å². The van der Waals surface area contributed by atoms with E-state index in [0.29, 0.717) is 17.1 Å². The highest BCUT2D eigenvalue weighted by Gasteiger charge is 2.11. The first-order valence-corrected chi connectivity index (χ1v) is 7.92. The van der Waals surface area contributed by atoms with Crippen molar-refractivity contribution < 1.29 is 19.1 Å². The molecular formula is C19H21N3O4. The monoisotopic (exact) mass is 355 g/mol. The standard InChI is InChI=1S/C19H21N3O4/c1-13-4-6-14(7-5-13)11-21-22-18(23)12-20-19(24)15-8-9-16(25-2)17(10-15)26-3/h4-11H,12H2,1-3H3,(H,20,24)(H,22,23). The molecule has 0 aromatic heterocycles. The second kappa shape index (κ2) is 9.22. The van der Waals surface area contributed by atoms with Crippen molar-refractivity contribution in [3.05, 3.63) is 59.2 Å². The van der Waals surface area contributed by atoms with Crippen molar-refractivity contribution in [3.8, 4) is 11.5 Å². The Kier molecular flexibility index (Phi) is 6.73. The fraction of sp³-hybridized carbons (Fsp3) is 0.211. The second-order valence-electron chi connectivity index (χ2n) is 5.46. The summed E-state index contributed by atoms with van der Waals surface area (Å²) < 4.78 is 10.3. The average molecular weight is 355 g/mol. The fourth-order valence-corrected chi connectivity index (χ4v) is 2.11. The van der Waals surface area contributed by atoms with E-state index in [0.717, 1.165) is 11.1 Å². The minimum absolute atomic E-state index is 0.196. The van der Waals surface area contributed by atoms with E-state index in [-0.39, 0.29) is 6.54 Å². The van der Waals surface area contributed by atoms with Gasteiger partial charge in [-0.1, -0.05) is 29.8 Å². The van der Waals surface area contributed by atoms with Crippen LogP contribution in [-0.4, -0.2) is 38.8 Å².